The maximum absolute atomic E-state index is 11.8. The average molecular weight is 240 g/mol. The summed E-state index contributed by atoms with van der Waals surface area (Å²) in [5.41, 5.74) is 5.03. The van der Waals surface area contributed by atoms with Gasteiger partial charge in [0.05, 0.1) is 0 Å². The molecule has 0 saturated carbocycles. The summed E-state index contributed by atoms with van der Waals surface area (Å²) < 4.78 is 35.3. The van der Waals surface area contributed by atoms with Gasteiger partial charge in [0.25, 0.3) is 0 Å². The van der Waals surface area contributed by atoms with Crippen LogP contribution in [0.2, 0.25) is 0 Å². The number of alkyl halides is 3. The number of hydrogen-bond donors (Lipinski definition) is 2. The Morgan fingerprint density at radius 3 is 2.25 bits per heavy atom. The van der Waals surface area contributed by atoms with Crippen LogP contribution in [-0.4, -0.2) is 24.2 Å². The van der Waals surface area contributed by atoms with Crippen molar-refractivity contribution in [3.8, 4) is 0 Å². The molecule has 0 spiro atoms. The molecule has 0 aliphatic rings. The lowest BCUT2D eigenvalue weighted by molar-refractivity contribution is -0.135. The molecule has 0 aliphatic carbocycles. The minimum absolute atomic E-state index is 0.0375. The first-order valence-electron chi connectivity index (χ1n) is 5.22. The second kappa shape index (κ2) is 6.08. The number of carbonyl (C=O) groups is 1. The molecule has 0 unspecified atom stereocenters. The first-order chi connectivity index (χ1) is 7.10. The van der Waals surface area contributed by atoms with Crippen LogP contribution in [-0.2, 0) is 4.79 Å². The van der Waals surface area contributed by atoms with E-state index in [-0.39, 0.29) is 25.3 Å². The van der Waals surface area contributed by atoms with Crippen molar-refractivity contribution in [3.63, 3.8) is 0 Å². The summed E-state index contributed by atoms with van der Waals surface area (Å²) in [6.45, 7) is 3.71. The molecule has 0 saturated heterocycles. The molecule has 1 amide bonds. The number of nitrogens with two attached hydrogens (primary N) is 1. The number of unbranched alkanes of at least 4 members (excludes halogenated alkanes) is 1. The lowest BCUT2D eigenvalue weighted by atomic mass is 10.0. The third kappa shape index (κ3) is 11.3. The van der Waals surface area contributed by atoms with E-state index in [2.05, 4.69) is 5.32 Å². The third-order valence-corrected chi connectivity index (χ3v) is 1.83. The van der Waals surface area contributed by atoms with Crippen molar-refractivity contribution in [2.75, 3.05) is 6.54 Å². The molecule has 0 aromatic carbocycles. The van der Waals surface area contributed by atoms with Gasteiger partial charge in [0.15, 0.2) is 0 Å². The van der Waals surface area contributed by atoms with Crippen molar-refractivity contribution in [2.24, 2.45) is 5.73 Å². The van der Waals surface area contributed by atoms with E-state index in [0.29, 0.717) is 6.42 Å². The SMILES string of the molecule is CC(C)(N)CC(=O)NCCCCC(F)(F)F. The molecule has 6 heteroatoms. The summed E-state index contributed by atoms with van der Waals surface area (Å²) in [5, 5.41) is 2.54. The molecule has 0 rings (SSSR count). The van der Waals surface area contributed by atoms with Crippen LogP contribution < -0.4 is 11.1 Å². The van der Waals surface area contributed by atoms with Gasteiger partial charge in [0, 0.05) is 24.9 Å². The van der Waals surface area contributed by atoms with E-state index < -0.39 is 18.1 Å². The van der Waals surface area contributed by atoms with Crippen LogP contribution in [0.3, 0.4) is 0 Å². The Morgan fingerprint density at radius 2 is 1.81 bits per heavy atom. The quantitative estimate of drug-likeness (QED) is 0.697. The lowest BCUT2D eigenvalue weighted by Crippen LogP contribution is -2.39. The van der Waals surface area contributed by atoms with Crippen LogP contribution >= 0.6 is 0 Å². The van der Waals surface area contributed by atoms with Crippen LogP contribution in [0.25, 0.3) is 0 Å². The fourth-order valence-corrected chi connectivity index (χ4v) is 1.15. The van der Waals surface area contributed by atoms with Gasteiger partial charge >= 0.3 is 6.18 Å². The van der Waals surface area contributed by atoms with Crippen LogP contribution in [0.1, 0.15) is 39.5 Å². The molecule has 0 aromatic rings. The Hall–Kier alpha value is -0.780. The summed E-state index contributed by atoms with van der Waals surface area (Å²) in [7, 11) is 0. The summed E-state index contributed by atoms with van der Waals surface area (Å²) in [6, 6.07) is 0. The van der Waals surface area contributed by atoms with Gasteiger partial charge < -0.3 is 11.1 Å². The minimum atomic E-state index is -4.11. The second-order valence-corrected chi connectivity index (χ2v) is 4.59. The summed E-state index contributed by atoms with van der Waals surface area (Å²) in [5.74, 6) is -0.223. The van der Waals surface area contributed by atoms with Gasteiger partial charge in [0.2, 0.25) is 5.91 Å². The number of halogens is 3. The molecule has 0 bridgehead atoms. The van der Waals surface area contributed by atoms with Crippen molar-refractivity contribution in [3.05, 3.63) is 0 Å². The molecular formula is C10H19F3N2O. The molecule has 3 N–H and O–H groups in total. The second-order valence-electron chi connectivity index (χ2n) is 4.59. The summed E-state index contributed by atoms with van der Waals surface area (Å²) in [4.78, 5) is 11.2. The lowest BCUT2D eigenvalue weighted by Gasteiger charge is -2.17. The molecule has 96 valence electrons. The zero-order valence-electron chi connectivity index (χ0n) is 9.66. The number of carbonyl (C=O) groups excluding carboxylic acids is 1. The highest BCUT2D eigenvalue weighted by atomic mass is 19.4. The average Bonchev–Trinajstić information content (AvgIpc) is 1.97. The van der Waals surface area contributed by atoms with Crippen molar-refractivity contribution < 1.29 is 18.0 Å². The molecular weight excluding hydrogens is 221 g/mol. The third-order valence-electron chi connectivity index (χ3n) is 1.83. The maximum Gasteiger partial charge on any atom is 0.389 e. The first-order valence-corrected chi connectivity index (χ1v) is 5.22. The first kappa shape index (κ1) is 15.2. The Balaban J connectivity index is 3.50. The van der Waals surface area contributed by atoms with Gasteiger partial charge in [-0.3, -0.25) is 4.79 Å². The Kier molecular flexibility index (Phi) is 5.78. The topological polar surface area (TPSA) is 55.1 Å². The largest absolute Gasteiger partial charge is 0.389 e. The van der Waals surface area contributed by atoms with Gasteiger partial charge in [-0.1, -0.05) is 0 Å². The number of amides is 1. The van der Waals surface area contributed by atoms with Gasteiger partial charge in [-0.2, -0.15) is 13.2 Å². The Bertz CT molecular complexity index is 221. The maximum atomic E-state index is 11.8. The molecule has 0 atom stereocenters. The monoisotopic (exact) mass is 240 g/mol. The van der Waals surface area contributed by atoms with E-state index in [4.69, 9.17) is 5.73 Å². The van der Waals surface area contributed by atoms with Gasteiger partial charge in [0.1, 0.15) is 0 Å². The summed E-state index contributed by atoms with van der Waals surface area (Å²) in [6.07, 6.45) is -4.37. The zero-order chi connectivity index (χ0) is 12.8. The molecule has 16 heavy (non-hydrogen) atoms. The van der Waals surface area contributed by atoms with Gasteiger partial charge in [-0.05, 0) is 26.7 Å². The van der Waals surface area contributed by atoms with Gasteiger partial charge in [-0.15, -0.1) is 0 Å². The van der Waals surface area contributed by atoms with E-state index >= 15 is 0 Å². The molecule has 0 heterocycles. The predicted octanol–water partition coefficient (Wildman–Crippen LogP) is 1.96. The van der Waals surface area contributed by atoms with E-state index in [1.54, 1.807) is 13.8 Å². The predicted molar refractivity (Wildman–Crippen MR) is 55.8 cm³/mol. The normalized spacial score (nSPS) is 12.6. The van der Waals surface area contributed by atoms with Crippen molar-refractivity contribution in [1.29, 1.82) is 0 Å². The van der Waals surface area contributed by atoms with Crippen molar-refractivity contribution >= 4 is 5.91 Å². The van der Waals surface area contributed by atoms with Crippen LogP contribution in [0.4, 0.5) is 13.2 Å². The fraction of sp³-hybridized carbons (Fsp3) is 0.900. The van der Waals surface area contributed by atoms with Crippen LogP contribution in [0.15, 0.2) is 0 Å². The van der Waals surface area contributed by atoms with E-state index in [1.165, 1.54) is 0 Å². The molecule has 3 nitrogen and oxygen atoms in total. The number of nitrogens with one attached hydrogen (secondary N) is 1. The van der Waals surface area contributed by atoms with E-state index in [1.807, 2.05) is 0 Å². The Labute approximate surface area is 93.6 Å². The highest BCUT2D eigenvalue weighted by molar-refractivity contribution is 5.76. The Morgan fingerprint density at radius 1 is 1.25 bits per heavy atom. The highest BCUT2D eigenvalue weighted by Gasteiger charge is 2.25. The van der Waals surface area contributed by atoms with Crippen molar-refractivity contribution in [2.45, 2.75) is 51.2 Å². The van der Waals surface area contributed by atoms with Crippen molar-refractivity contribution in [1.82, 2.24) is 5.32 Å². The highest BCUT2D eigenvalue weighted by Crippen LogP contribution is 2.21. The standard InChI is InChI=1S/C10H19F3N2O/c1-9(2,14)7-8(16)15-6-4-3-5-10(11,12)13/h3-7,14H2,1-2H3,(H,15,16). The molecule has 0 radical (unpaired) electrons. The van der Waals surface area contributed by atoms with Crippen LogP contribution in [0.5, 0.6) is 0 Å². The fourth-order valence-electron chi connectivity index (χ4n) is 1.15. The summed E-state index contributed by atoms with van der Waals surface area (Å²) >= 11 is 0. The minimum Gasteiger partial charge on any atom is -0.356 e. The molecule has 0 fully saturated rings. The number of rotatable bonds is 6. The number of hydrogen-bond acceptors (Lipinski definition) is 2. The van der Waals surface area contributed by atoms with Gasteiger partial charge in [-0.25, -0.2) is 0 Å². The molecule has 0 aliphatic heterocycles. The molecule has 0 aromatic heterocycles. The van der Waals surface area contributed by atoms with Crippen LogP contribution in [0, 0.1) is 0 Å². The van der Waals surface area contributed by atoms with E-state index in [0.717, 1.165) is 0 Å². The van der Waals surface area contributed by atoms with E-state index in [9.17, 15) is 18.0 Å². The smallest absolute Gasteiger partial charge is 0.356 e. The zero-order valence-corrected chi connectivity index (χ0v) is 9.66.